The maximum atomic E-state index is 11.8. The second-order valence-electron chi connectivity index (χ2n) is 5.44. The van der Waals surface area contributed by atoms with Gasteiger partial charge in [0.05, 0.1) is 21.6 Å². The molecule has 0 fully saturated rings. The fourth-order valence-corrected chi connectivity index (χ4v) is 2.13. The molecule has 0 aliphatic carbocycles. The molecule has 0 saturated heterocycles. The SMILES string of the molecule is CCCCCCC(C)OC(=O)Nc1cc([N+](=O)[O-])cc([N+](=O)[O-])c1. The van der Waals surface area contributed by atoms with Gasteiger partial charge in [-0.3, -0.25) is 25.5 Å². The number of nitro benzene ring substituents is 2. The van der Waals surface area contributed by atoms with Gasteiger partial charge in [-0.1, -0.05) is 26.2 Å². The second kappa shape index (κ2) is 9.43. The molecular formula is C15H21N3O6. The Balaban J connectivity index is 2.65. The van der Waals surface area contributed by atoms with Gasteiger partial charge in [0.1, 0.15) is 6.10 Å². The molecule has 0 bridgehead atoms. The molecule has 9 heteroatoms. The summed E-state index contributed by atoms with van der Waals surface area (Å²) in [5, 5.41) is 23.9. The number of benzene rings is 1. The Hall–Kier alpha value is -2.71. The minimum atomic E-state index is -0.798. The van der Waals surface area contributed by atoms with Crippen LogP contribution >= 0.6 is 0 Å². The van der Waals surface area contributed by atoms with E-state index >= 15 is 0 Å². The summed E-state index contributed by atoms with van der Waals surface area (Å²) < 4.78 is 5.15. The zero-order chi connectivity index (χ0) is 18.1. The third kappa shape index (κ3) is 6.59. The molecular weight excluding hydrogens is 318 g/mol. The van der Waals surface area contributed by atoms with Crippen LogP contribution < -0.4 is 5.32 Å². The van der Waals surface area contributed by atoms with E-state index in [0.29, 0.717) is 6.42 Å². The van der Waals surface area contributed by atoms with E-state index in [1.54, 1.807) is 6.92 Å². The Morgan fingerprint density at radius 2 is 1.71 bits per heavy atom. The predicted octanol–water partition coefficient (Wildman–Crippen LogP) is 4.41. The standard InChI is InChI=1S/C15H21N3O6/c1-3-4-5-6-7-11(2)24-15(19)16-12-8-13(17(20)21)10-14(9-12)18(22)23/h8-11H,3-7H2,1-2H3,(H,16,19). The number of anilines is 1. The summed E-state index contributed by atoms with van der Waals surface area (Å²) in [7, 11) is 0. The van der Waals surface area contributed by atoms with Crippen molar-refractivity contribution < 1.29 is 19.4 Å². The lowest BCUT2D eigenvalue weighted by Gasteiger charge is -2.13. The molecule has 1 unspecified atom stereocenters. The van der Waals surface area contributed by atoms with Gasteiger partial charge in [-0.2, -0.15) is 0 Å². The highest BCUT2D eigenvalue weighted by Gasteiger charge is 2.18. The molecule has 0 aliphatic heterocycles. The fraction of sp³-hybridized carbons (Fsp3) is 0.533. The van der Waals surface area contributed by atoms with Crippen LogP contribution in [0.4, 0.5) is 21.9 Å². The number of hydrogen-bond acceptors (Lipinski definition) is 6. The van der Waals surface area contributed by atoms with Crippen molar-refractivity contribution in [3.8, 4) is 0 Å². The molecule has 132 valence electrons. The van der Waals surface area contributed by atoms with Crippen LogP contribution in [-0.4, -0.2) is 22.0 Å². The summed E-state index contributed by atoms with van der Waals surface area (Å²) in [5.41, 5.74) is -1.02. The summed E-state index contributed by atoms with van der Waals surface area (Å²) >= 11 is 0. The quantitative estimate of drug-likeness (QED) is 0.403. The highest BCUT2D eigenvalue weighted by molar-refractivity contribution is 5.85. The van der Waals surface area contributed by atoms with Crippen molar-refractivity contribution in [2.45, 2.75) is 52.1 Å². The molecule has 1 N–H and O–H groups in total. The first kappa shape index (κ1) is 19.3. The van der Waals surface area contributed by atoms with Gasteiger partial charge in [0, 0.05) is 12.1 Å². The first-order valence-corrected chi connectivity index (χ1v) is 7.75. The molecule has 0 radical (unpaired) electrons. The van der Waals surface area contributed by atoms with Gasteiger partial charge in [-0.15, -0.1) is 0 Å². The number of carbonyl (C=O) groups excluding carboxylic acids is 1. The van der Waals surface area contributed by atoms with Crippen molar-refractivity contribution in [3.05, 3.63) is 38.4 Å². The van der Waals surface area contributed by atoms with Crippen LogP contribution in [0.15, 0.2) is 18.2 Å². The van der Waals surface area contributed by atoms with E-state index < -0.39 is 27.3 Å². The molecule has 1 amide bonds. The number of nitro groups is 2. The van der Waals surface area contributed by atoms with E-state index in [1.165, 1.54) is 0 Å². The zero-order valence-corrected chi connectivity index (χ0v) is 13.7. The number of non-ortho nitro benzene ring substituents is 2. The number of nitrogens with zero attached hydrogens (tertiary/aromatic N) is 2. The number of unbranched alkanes of at least 4 members (excludes halogenated alkanes) is 3. The first-order chi connectivity index (χ1) is 11.3. The van der Waals surface area contributed by atoms with Crippen molar-refractivity contribution in [2.75, 3.05) is 5.32 Å². The topological polar surface area (TPSA) is 125 Å². The van der Waals surface area contributed by atoms with Crippen molar-refractivity contribution in [1.29, 1.82) is 0 Å². The molecule has 9 nitrogen and oxygen atoms in total. The van der Waals surface area contributed by atoms with Crippen LogP contribution in [0.1, 0.15) is 46.0 Å². The van der Waals surface area contributed by atoms with Gasteiger partial charge in [-0.25, -0.2) is 4.79 Å². The Labute approximate surface area is 139 Å². The summed E-state index contributed by atoms with van der Waals surface area (Å²) in [4.78, 5) is 31.9. The summed E-state index contributed by atoms with van der Waals surface area (Å²) in [6, 6.07) is 2.91. The number of carbonyl (C=O) groups is 1. The average Bonchev–Trinajstić information content (AvgIpc) is 2.50. The molecule has 0 aliphatic rings. The van der Waals surface area contributed by atoms with Crippen LogP contribution in [0.25, 0.3) is 0 Å². The van der Waals surface area contributed by atoms with Crippen LogP contribution in [0.2, 0.25) is 0 Å². The number of amides is 1. The predicted molar refractivity (Wildman–Crippen MR) is 88.1 cm³/mol. The number of hydrogen-bond donors (Lipinski definition) is 1. The molecule has 0 heterocycles. The highest BCUT2D eigenvalue weighted by atomic mass is 16.6. The van der Waals surface area contributed by atoms with E-state index in [4.69, 9.17) is 4.74 Å². The van der Waals surface area contributed by atoms with Crippen LogP contribution in [-0.2, 0) is 4.74 Å². The Kier molecular flexibility index (Phi) is 7.60. The Morgan fingerprint density at radius 1 is 1.12 bits per heavy atom. The van der Waals surface area contributed by atoms with E-state index in [0.717, 1.165) is 43.9 Å². The Morgan fingerprint density at radius 3 is 2.21 bits per heavy atom. The third-order valence-electron chi connectivity index (χ3n) is 3.34. The van der Waals surface area contributed by atoms with E-state index in [9.17, 15) is 25.0 Å². The van der Waals surface area contributed by atoms with Crippen LogP contribution in [0.3, 0.4) is 0 Å². The molecule has 24 heavy (non-hydrogen) atoms. The molecule has 1 aromatic carbocycles. The monoisotopic (exact) mass is 339 g/mol. The molecule has 0 spiro atoms. The highest BCUT2D eigenvalue weighted by Crippen LogP contribution is 2.26. The third-order valence-corrected chi connectivity index (χ3v) is 3.34. The number of ether oxygens (including phenoxy) is 1. The molecule has 0 saturated carbocycles. The number of rotatable bonds is 9. The fourth-order valence-electron chi connectivity index (χ4n) is 2.13. The van der Waals surface area contributed by atoms with Gasteiger partial charge < -0.3 is 4.74 Å². The van der Waals surface area contributed by atoms with E-state index in [-0.39, 0.29) is 11.8 Å². The molecule has 0 aromatic heterocycles. The van der Waals surface area contributed by atoms with Gasteiger partial charge in [0.15, 0.2) is 0 Å². The van der Waals surface area contributed by atoms with E-state index in [2.05, 4.69) is 12.2 Å². The normalized spacial score (nSPS) is 11.6. The summed E-state index contributed by atoms with van der Waals surface area (Å²) in [5.74, 6) is 0. The average molecular weight is 339 g/mol. The largest absolute Gasteiger partial charge is 0.446 e. The van der Waals surface area contributed by atoms with Gasteiger partial charge >= 0.3 is 6.09 Å². The lowest BCUT2D eigenvalue weighted by atomic mass is 10.1. The van der Waals surface area contributed by atoms with Gasteiger partial charge in [-0.05, 0) is 19.8 Å². The zero-order valence-electron chi connectivity index (χ0n) is 13.7. The first-order valence-electron chi connectivity index (χ1n) is 7.75. The number of nitrogens with one attached hydrogen (secondary N) is 1. The molecule has 1 rings (SSSR count). The van der Waals surface area contributed by atoms with Crippen LogP contribution in [0, 0.1) is 20.2 Å². The smallest absolute Gasteiger partial charge is 0.411 e. The van der Waals surface area contributed by atoms with Crippen LogP contribution in [0.5, 0.6) is 0 Å². The van der Waals surface area contributed by atoms with Gasteiger partial charge in [0.25, 0.3) is 11.4 Å². The molecule has 1 atom stereocenters. The maximum Gasteiger partial charge on any atom is 0.411 e. The Bertz CT molecular complexity index is 573. The van der Waals surface area contributed by atoms with E-state index in [1.807, 2.05) is 0 Å². The molecule has 1 aromatic rings. The van der Waals surface area contributed by atoms with Crippen molar-refractivity contribution in [3.63, 3.8) is 0 Å². The van der Waals surface area contributed by atoms with Crippen molar-refractivity contribution in [1.82, 2.24) is 0 Å². The summed E-state index contributed by atoms with van der Waals surface area (Å²) in [6.45, 7) is 3.85. The minimum absolute atomic E-state index is 0.0564. The van der Waals surface area contributed by atoms with Crippen molar-refractivity contribution >= 4 is 23.2 Å². The second-order valence-corrected chi connectivity index (χ2v) is 5.44. The van der Waals surface area contributed by atoms with Crippen molar-refractivity contribution in [2.24, 2.45) is 0 Å². The maximum absolute atomic E-state index is 11.8. The minimum Gasteiger partial charge on any atom is -0.446 e. The van der Waals surface area contributed by atoms with Gasteiger partial charge in [0.2, 0.25) is 0 Å². The lowest BCUT2D eigenvalue weighted by molar-refractivity contribution is -0.394. The summed E-state index contributed by atoms with van der Waals surface area (Å²) in [6.07, 6.45) is 3.83. The lowest BCUT2D eigenvalue weighted by Crippen LogP contribution is -2.20.